The van der Waals surface area contributed by atoms with Crippen molar-refractivity contribution >= 4 is 27.3 Å². The largest absolute Gasteiger partial charge is 0.392 e. The van der Waals surface area contributed by atoms with Gasteiger partial charge in [0.25, 0.3) is 10.0 Å². The molecule has 2 N–H and O–H groups in total. The molecule has 6 heteroatoms. The molecule has 2 rings (SSSR count). The minimum atomic E-state index is -3.69. The van der Waals surface area contributed by atoms with Crippen LogP contribution in [0.25, 0.3) is 0 Å². The van der Waals surface area contributed by atoms with E-state index in [1.54, 1.807) is 43.3 Å². The van der Waals surface area contributed by atoms with Gasteiger partial charge in [-0.3, -0.25) is 4.72 Å². The summed E-state index contributed by atoms with van der Waals surface area (Å²) in [6.07, 6.45) is 0. The van der Waals surface area contributed by atoms with Crippen molar-refractivity contribution in [1.29, 1.82) is 0 Å². The Hall–Kier alpha value is -1.56. The quantitative estimate of drug-likeness (QED) is 0.912. The molecule has 0 aliphatic heterocycles. The Kier molecular flexibility index (Phi) is 4.32. The SMILES string of the molecule is Cc1ccc(CO)cc1S(=O)(=O)Nc1ccc(Cl)cc1. The standard InChI is InChI=1S/C14H14ClNO3S/c1-10-2-3-11(9-17)8-14(10)20(18,19)16-13-6-4-12(15)5-7-13/h2-8,16-17H,9H2,1H3. The van der Waals surface area contributed by atoms with Gasteiger partial charge in [0, 0.05) is 10.7 Å². The monoisotopic (exact) mass is 311 g/mol. The zero-order valence-electron chi connectivity index (χ0n) is 10.8. The molecule has 0 bridgehead atoms. The van der Waals surface area contributed by atoms with Gasteiger partial charge in [-0.2, -0.15) is 0 Å². The second-order valence-corrected chi connectivity index (χ2v) is 6.46. The van der Waals surface area contributed by atoms with E-state index in [-0.39, 0.29) is 11.5 Å². The molecule has 0 radical (unpaired) electrons. The smallest absolute Gasteiger partial charge is 0.262 e. The first-order valence-electron chi connectivity index (χ1n) is 5.91. The molecule has 106 valence electrons. The number of aliphatic hydroxyl groups excluding tert-OH is 1. The summed E-state index contributed by atoms with van der Waals surface area (Å²) >= 11 is 5.76. The summed E-state index contributed by atoms with van der Waals surface area (Å²) in [4.78, 5) is 0.152. The number of nitrogens with one attached hydrogen (secondary N) is 1. The highest BCUT2D eigenvalue weighted by Gasteiger charge is 2.17. The molecule has 0 unspecified atom stereocenters. The van der Waals surface area contributed by atoms with E-state index in [0.29, 0.717) is 21.8 Å². The van der Waals surface area contributed by atoms with Crippen LogP contribution in [-0.4, -0.2) is 13.5 Å². The summed E-state index contributed by atoms with van der Waals surface area (Å²) in [7, 11) is -3.69. The second-order valence-electron chi connectivity index (χ2n) is 4.37. The summed E-state index contributed by atoms with van der Waals surface area (Å²) in [5, 5.41) is 9.64. The average Bonchev–Trinajstić information content (AvgIpc) is 2.41. The van der Waals surface area contributed by atoms with E-state index in [1.165, 1.54) is 6.07 Å². The van der Waals surface area contributed by atoms with Gasteiger partial charge in [0.2, 0.25) is 0 Å². The minimum Gasteiger partial charge on any atom is -0.392 e. The molecule has 0 heterocycles. The summed E-state index contributed by atoms with van der Waals surface area (Å²) in [5.74, 6) is 0. The Labute approximate surface area is 123 Å². The topological polar surface area (TPSA) is 66.4 Å². The molecular formula is C14H14ClNO3S. The van der Waals surface area contributed by atoms with Gasteiger partial charge in [-0.25, -0.2) is 8.42 Å². The van der Waals surface area contributed by atoms with Crippen molar-refractivity contribution < 1.29 is 13.5 Å². The fraction of sp³-hybridized carbons (Fsp3) is 0.143. The first kappa shape index (κ1) is 14.8. The van der Waals surface area contributed by atoms with Crippen molar-refractivity contribution in [3.8, 4) is 0 Å². The number of halogens is 1. The van der Waals surface area contributed by atoms with Crippen molar-refractivity contribution in [1.82, 2.24) is 0 Å². The molecule has 0 aliphatic carbocycles. The highest BCUT2D eigenvalue weighted by Crippen LogP contribution is 2.22. The average molecular weight is 312 g/mol. The van der Waals surface area contributed by atoms with Crippen LogP contribution in [0, 0.1) is 6.92 Å². The van der Waals surface area contributed by atoms with Gasteiger partial charge in [-0.05, 0) is 48.4 Å². The molecule has 4 nitrogen and oxygen atoms in total. The van der Waals surface area contributed by atoms with Crippen molar-refractivity contribution in [2.75, 3.05) is 4.72 Å². The number of aryl methyl sites for hydroxylation is 1. The zero-order chi connectivity index (χ0) is 14.8. The van der Waals surface area contributed by atoms with Crippen LogP contribution in [-0.2, 0) is 16.6 Å². The molecule has 20 heavy (non-hydrogen) atoms. The first-order chi connectivity index (χ1) is 9.42. The molecular weight excluding hydrogens is 298 g/mol. The van der Waals surface area contributed by atoms with Gasteiger partial charge in [-0.15, -0.1) is 0 Å². The number of hydrogen-bond donors (Lipinski definition) is 2. The first-order valence-corrected chi connectivity index (χ1v) is 7.77. The van der Waals surface area contributed by atoms with Crippen molar-refractivity contribution in [2.45, 2.75) is 18.4 Å². The summed E-state index contributed by atoms with van der Waals surface area (Å²) in [5.41, 5.74) is 1.60. The van der Waals surface area contributed by atoms with Gasteiger partial charge in [-0.1, -0.05) is 23.7 Å². The van der Waals surface area contributed by atoms with Gasteiger partial charge >= 0.3 is 0 Å². The van der Waals surface area contributed by atoms with E-state index in [9.17, 15) is 8.42 Å². The van der Waals surface area contributed by atoms with E-state index in [1.807, 2.05) is 0 Å². The molecule has 0 spiro atoms. The van der Waals surface area contributed by atoms with Crippen LogP contribution in [0.15, 0.2) is 47.4 Å². The Morgan fingerprint density at radius 2 is 1.80 bits per heavy atom. The molecule has 0 aliphatic rings. The lowest BCUT2D eigenvalue weighted by Crippen LogP contribution is -2.14. The fourth-order valence-corrected chi connectivity index (χ4v) is 3.24. The molecule has 0 amide bonds. The van der Waals surface area contributed by atoms with Gasteiger partial charge in [0.1, 0.15) is 0 Å². The third-order valence-corrected chi connectivity index (χ3v) is 4.60. The van der Waals surface area contributed by atoms with Crippen LogP contribution in [0.3, 0.4) is 0 Å². The number of anilines is 1. The Balaban J connectivity index is 2.37. The van der Waals surface area contributed by atoms with E-state index in [2.05, 4.69) is 4.72 Å². The highest BCUT2D eigenvalue weighted by molar-refractivity contribution is 7.92. The number of sulfonamides is 1. The van der Waals surface area contributed by atoms with E-state index >= 15 is 0 Å². The van der Waals surface area contributed by atoms with E-state index in [4.69, 9.17) is 16.7 Å². The molecule has 0 fully saturated rings. The van der Waals surface area contributed by atoms with Crippen LogP contribution < -0.4 is 4.72 Å². The normalized spacial score (nSPS) is 11.3. The fourth-order valence-electron chi connectivity index (χ4n) is 1.76. The number of rotatable bonds is 4. The predicted molar refractivity (Wildman–Crippen MR) is 79.4 cm³/mol. The molecule has 0 atom stereocenters. The maximum atomic E-state index is 12.3. The van der Waals surface area contributed by atoms with Crippen molar-refractivity contribution in [3.63, 3.8) is 0 Å². The molecule has 0 aromatic heterocycles. The molecule has 2 aromatic rings. The molecule has 0 saturated carbocycles. The number of hydrogen-bond acceptors (Lipinski definition) is 3. The van der Waals surface area contributed by atoms with Gasteiger partial charge in [0.15, 0.2) is 0 Å². The lowest BCUT2D eigenvalue weighted by atomic mass is 10.2. The maximum absolute atomic E-state index is 12.3. The number of benzene rings is 2. The summed E-state index contributed by atoms with van der Waals surface area (Å²) in [6, 6.07) is 11.2. The van der Waals surface area contributed by atoms with Crippen molar-refractivity contribution in [3.05, 3.63) is 58.6 Å². The van der Waals surface area contributed by atoms with Crippen molar-refractivity contribution in [2.24, 2.45) is 0 Å². The van der Waals surface area contributed by atoms with E-state index in [0.717, 1.165) is 0 Å². The van der Waals surface area contributed by atoms with Crippen LogP contribution in [0.2, 0.25) is 5.02 Å². The van der Waals surface area contributed by atoms with E-state index < -0.39 is 10.0 Å². The van der Waals surface area contributed by atoms with Gasteiger partial charge < -0.3 is 5.11 Å². The Morgan fingerprint density at radius 3 is 2.40 bits per heavy atom. The molecule has 2 aromatic carbocycles. The zero-order valence-corrected chi connectivity index (χ0v) is 12.4. The maximum Gasteiger partial charge on any atom is 0.262 e. The summed E-state index contributed by atoms with van der Waals surface area (Å²) < 4.78 is 27.2. The Bertz CT molecular complexity index is 712. The summed E-state index contributed by atoms with van der Waals surface area (Å²) in [6.45, 7) is 1.50. The molecule has 0 saturated heterocycles. The van der Waals surface area contributed by atoms with Gasteiger partial charge in [0.05, 0.1) is 11.5 Å². The van der Waals surface area contributed by atoms with Crippen LogP contribution in [0.4, 0.5) is 5.69 Å². The Morgan fingerprint density at radius 1 is 1.15 bits per heavy atom. The van der Waals surface area contributed by atoms with Crippen LogP contribution in [0.1, 0.15) is 11.1 Å². The second kappa shape index (κ2) is 5.83. The van der Waals surface area contributed by atoms with Crippen LogP contribution in [0.5, 0.6) is 0 Å². The lowest BCUT2D eigenvalue weighted by molar-refractivity contribution is 0.281. The lowest BCUT2D eigenvalue weighted by Gasteiger charge is -2.11. The highest BCUT2D eigenvalue weighted by atomic mass is 35.5. The number of aliphatic hydroxyl groups is 1. The predicted octanol–water partition coefficient (Wildman–Crippen LogP) is 2.94. The van der Waals surface area contributed by atoms with Crippen LogP contribution >= 0.6 is 11.6 Å². The third kappa shape index (κ3) is 3.30. The minimum absolute atomic E-state index is 0.152. The third-order valence-electron chi connectivity index (χ3n) is 2.82.